The molecule has 0 bridgehead atoms. The number of rotatable bonds is 5. The van der Waals surface area contributed by atoms with Crippen molar-refractivity contribution in [1.29, 1.82) is 0 Å². The lowest BCUT2D eigenvalue weighted by Crippen LogP contribution is -2.21. The van der Waals surface area contributed by atoms with Crippen LogP contribution in [0.25, 0.3) is 0 Å². The zero-order chi connectivity index (χ0) is 13.7. The Balaban J connectivity index is 1.84. The van der Waals surface area contributed by atoms with Gasteiger partial charge >= 0.3 is 0 Å². The van der Waals surface area contributed by atoms with Gasteiger partial charge in [0.2, 0.25) is 0 Å². The molecular formula is C15H18FN3. The number of nitrogen functional groups attached to an aromatic ring is 1. The van der Waals surface area contributed by atoms with Gasteiger partial charge in [-0.2, -0.15) is 0 Å². The molecule has 0 aliphatic heterocycles. The average molecular weight is 259 g/mol. The first-order valence-electron chi connectivity index (χ1n) is 6.27. The van der Waals surface area contributed by atoms with E-state index >= 15 is 0 Å². The van der Waals surface area contributed by atoms with E-state index in [4.69, 9.17) is 5.73 Å². The van der Waals surface area contributed by atoms with Crippen LogP contribution in [-0.2, 0) is 13.0 Å². The molecule has 0 atom stereocenters. The van der Waals surface area contributed by atoms with Gasteiger partial charge in [0.15, 0.2) is 0 Å². The largest absolute Gasteiger partial charge is 0.397 e. The second-order valence-electron chi connectivity index (χ2n) is 4.70. The molecule has 2 aromatic rings. The number of halogens is 1. The molecule has 1 aromatic carbocycles. The first-order chi connectivity index (χ1) is 9.13. The van der Waals surface area contributed by atoms with Crippen LogP contribution in [-0.4, -0.2) is 23.5 Å². The fraction of sp³-hybridized carbons (Fsp3) is 0.267. The van der Waals surface area contributed by atoms with Gasteiger partial charge in [0, 0.05) is 25.2 Å². The topological polar surface area (TPSA) is 42.1 Å². The van der Waals surface area contributed by atoms with Gasteiger partial charge in [-0.3, -0.25) is 4.98 Å². The molecule has 0 aliphatic rings. The van der Waals surface area contributed by atoms with Crippen LogP contribution in [0.15, 0.2) is 42.6 Å². The SMILES string of the molecule is CN(CCc1ccc(N)cn1)Cc1cccc(F)c1. The lowest BCUT2D eigenvalue weighted by Gasteiger charge is -2.16. The van der Waals surface area contributed by atoms with Gasteiger partial charge in [-0.15, -0.1) is 0 Å². The second kappa shape index (κ2) is 6.29. The van der Waals surface area contributed by atoms with Crippen molar-refractivity contribution in [2.75, 3.05) is 19.3 Å². The molecule has 0 radical (unpaired) electrons. The van der Waals surface area contributed by atoms with Crippen molar-refractivity contribution in [3.05, 3.63) is 59.7 Å². The smallest absolute Gasteiger partial charge is 0.123 e. The molecule has 0 fully saturated rings. The van der Waals surface area contributed by atoms with Crippen LogP contribution in [0, 0.1) is 5.82 Å². The van der Waals surface area contributed by atoms with Crippen molar-refractivity contribution in [1.82, 2.24) is 9.88 Å². The van der Waals surface area contributed by atoms with Crippen molar-refractivity contribution < 1.29 is 4.39 Å². The van der Waals surface area contributed by atoms with Crippen LogP contribution in [0.5, 0.6) is 0 Å². The molecule has 0 saturated carbocycles. The summed E-state index contributed by atoms with van der Waals surface area (Å²) in [6.07, 6.45) is 2.52. The van der Waals surface area contributed by atoms with Crippen LogP contribution in [0.1, 0.15) is 11.3 Å². The van der Waals surface area contributed by atoms with E-state index in [1.54, 1.807) is 18.3 Å². The number of likely N-dealkylation sites (N-methyl/N-ethyl adjacent to an activating group) is 1. The van der Waals surface area contributed by atoms with Gasteiger partial charge < -0.3 is 10.6 Å². The third-order valence-electron chi connectivity index (χ3n) is 2.94. The summed E-state index contributed by atoms with van der Waals surface area (Å²) >= 11 is 0. The zero-order valence-electron chi connectivity index (χ0n) is 11.0. The quantitative estimate of drug-likeness (QED) is 0.897. The van der Waals surface area contributed by atoms with Gasteiger partial charge in [0.1, 0.15) is 5.82 Å². The Bertz CT molecular complexity index is 525. The monoisotopic (exact) mass is 259 g/mol. The Morgan fingerprint density at radius 2 is 2.11 bits per heavy atom. The predicted octanol–water partition coefficient (Wildman–Crippen LogP) is 2.48. The molecule has 0 unspecified atom stereocenters. The molecule has 2 N–H and O–H groups in total. The molecule has 19 heavy (non-hydrogen) atoms. The maximum Gasteiger partial charge on any atom is 0.123 e. The third-order valence-corrected chi connectivity index (χ3v) is 2.94. The highest BCUT2D eigenvalue weighted by Gasteiger charge is 2.03. The molecule has 3 nitrogen and oxygen atoms in total. The number of pyridine rings is 1. The zero-order valence-corrected chi connectivity index (χ0v) is 11.0. The summed E-state index contributed by atoms with van der Waals surface area (Å²) in [6, 6.07) is 10.5. The summed E-state index contributed by atoms with van der Waals surface area (Å²) in [4.78, 5) is 6.41. The highest BCUT2D eigenvalue weighted by molar-refractivity contribution is 5.34. The van der Waals surface area contributed by atoms with Crippen molar-refractivity contribution in [2.45, 2.75) is 13.0 Å². The number of nitrogens with two attached hydrogens (primary N) is 1. The Morgan fingerprint density at radius 1 is 1.26 bits per heavy atom. The van der Waals surface area contributed by atoms with E-state index < -0.39 is 0 Å². The Hall–Kier alpha value is -1.94. The number of benzene rings is 1. The minimum Gasteiger partial charge on any atom is -0.397 e. The lowest BCUT2D eigenvalue weighted by molar-refractivity contribution is 0.329. The van der Waals surface area contributed by atoms with Crippen molar-refractivity contribution in [3.8, 4) is 0 Å². The molecule has 100 valence electrons. The van der Waals surface area contributed by atoms with Gasteiger partial charge in [0.25, 0.3) is 0 Å². The van der Waals surface area contributed by atoms with Gasteiger partial charge in [-0.25, -0.2) is 4.39 Å². The highest BCUT2D eigenvalue weighted by atomic mass is 19.1. The van der Waals surface area contributed by atoms with Crippen LogP contribution in [0.4, 0.5) is 10.1 Å². The van der Waals surface area contributed by atoms with E-state index in [1.165, 1.54) is 6.07 Å². The Morgan fingerprint density at radius 3 is 2.79 bits per heavy atom. The van der Waals surface area contributed by atoms with E-state index in [1.807, 2.05) is 25.2 Å². The molecule has 1 aromatic heterocycles. The summed E-state index contributed by atoms with van der Waals surface area (Å²) < 4.78 is 13.1. The number of hydrogen-bond donors (Lipinski definition) is 1. The minimum absolute atomic E-state index is 0.189. The minimum atomic E-state index is -0.189. The summed E-state index contributed by atoms with van der Waals surface area (Å²) in [5.41, 5.74) is 8.26. The van der Waals surface area contributed by atoms with Crippen LogP contribution >= 0.6 is 0 Å². The molecule has 2 rings (SSSR count). The van der Waals surface area contributed by atoms with Gasteiger partial charge in [-0.05, 0) is 36.9 Å². The van der Waals surface area contributed by atoms with Crippen molar-refractivity contribution in [2.24, 2.45) is 0 Å². The van der Waals surface area contributed by atoms with Crippen LogP contribution < -0.4 is 5.73 Å². The van der Waals surface area contributed by atoms with Crippen LogP contribution in [0.3, 0.4) is 0 Å². The van der Waals surface area contributed by atoms with Crippen molar-refractivity contribution >= 4 is 5.69 Å². The first kappa shape index (κ1) is 13.5. The number of hydrogen-bond acceptors (Lipinski definition) is 3. The molecule has 1 heterocycles. The Kier molecular flexibility index (Phi) is 4.47. The van der Waals surface area contributed by atoms with Crippen molar-refractivity contribution in [3.63, 3.8) is 0 Å². The maximum absolute atomic E-state index is 13.1. The van der Waals surface area contributed by atoms with E-state index in [2.05, 4.69) is 9.88 Å². The number of aromatic nitrogens is 1. The maximum atomic E-state index is 13.1. The summed E-state index contributed by atoms with van der Waals surface area (Å²) in [6.45, 7) is 1.60. The third kappa shape index (κ3) is 4.34. The second-order valence-corrected chi connectivity index (χ2v) is 4.70. The standard InChI is InChI=1S/C15H18FN3/c1-19(11-12-3-2-4-13(16)9-12)8-7-15-6-5-14(17)10-18-15/h2-6,9-10H,7-8,11,17H2,1H3. The first-order valence-corrected chi connectivity index (χ1v) is 6.27. The average Bonchev–Trinajstić information content (AvgIpc) is 2.38. The van der Waals surface area contributed by atoms with Crippen LogP contribution in [0.2, 0.25) is 0 Å². The highest BCUT2D eigenvalue weighted by Crippen LogP contribution is 2.07. The predicted molar refractivity (Wildman–Crippen MR) is 75.1 cm³/mol. The lowest BCUT2D eigenvalue weighted by atomic mass is 10.2. The molecular weight excluding hydrogens is 241 g/mol. The fourth-order valence-corrected chi connectivity index (χ4v) is 1.92. The number of nitrogens with zero attached hydrogens (tertiary/aromatic N) is 2. The molecule has 0 aliphatic carbocycles. The van der Waals surface area contributed by atoms with E-state index in [0.717, 1.165) is 30.8 Å². The Labute approximate surface area is 112 Å². The van der Waals surface area contributed by atoms with Gasteiger partial charge in [-0.1, -0.05) is 12.1 Å². The van der Waals surface area contributed by atoms with Gasteiger partial charge in [0.05, 0.1) is 11.9 Å². The normalized spacial score (nSPS) is 10.9. The fourth-order valence-electron chi connectivity index (χ4n) is 1.92. The summed E-state index contributed by atoms with van der Waals surface area (Å²) in [7, 11) is 2.02. The van der Waals surface area contributed by atoms with E-state index in [0.29, 0.717) is 5.69 Å². The molecule has 0 amide bonds. The molecule has 4 heteroatoms. The number of anilines is 1. The molecule has 0 spiro atoms. The van der Waals surface area contributed by atoms with E-state index in [9.17, 15) is 4.39 Å². The van der Waals surface area contributed by atoms with E-state index in [-0.39, 0.29) is 5.82 Å². The summed E-state index contributed by atoms with van der Waals surface area (Å²) in [5, 5.41) is 0. The summed E-state index contributed by atoms with van der Waals surface area (Å²) in [5.74, 6) is -0.189. The molecule has 0 saturated heterocycles.